The first kappa shape index (κ1) is 17.9. The molecule has 1 aromatic carbocycles. The van der Waals surface area contributed by atoms with Crippen LogP contribution in [0.2, 0.25) is 0 Å². The number of hydrogen-bond donors (Lipinski definition) is 2. The highest BCUT2D eigenvalue weighted by Gasteiger charge is 2.18. The number of amides is 1. The molecular weight excluding hydrogens is 350 g/mol. The maximum absolute atomic E-state index is 12.3. The van der Waals surface area contributed by atoms with Crippen LogP contribution < -0.4 is 15.4 Å². The van der Waals surface area contributed by atoms with Crippen LogP contribution in [0.15, 0.2) is 36.0 Å². The third kappa shape index (κ3) is 4.02. The van der Waals surface area contributed by atoms with Gasteiger partial charge in [-0.25, -0.2) is 4.98 Å². The number of nitrogens with one attached hydrogen (secondary N) is 2. The molecule has 0 saturated carbocycles. The maximum Gasteiger partial charge on any atom is 0.267 e. The molecule has 7 nitrogen and oxygen atoms in total. The Kier molecular flexibility index (Phi) is 5.51. The molecule has 8 heteroatoms. The van der Waals surface area contributed by atoms with Crippen LogP contribution >= 0.6 is 11.3 Å². The fraction of sp³-hybridized carbons (Fsp3) is 0.278. The lowest BCUT2D eigenvalue weighted by atomic mass is 10.2. The Hall–Kier alpha value is -2.89. The van der Waals surface area contributed by atoms with Gasteiger partial charge in [-0.05, 0) is 19.2 Å². The molecule has 0 spiro atoms. The van der Waals surface area contributed by atoms with E-state index in [1.54, 1.807) is 35.6 Å². The molecule has 0 bridgehead atoms. The lowest BCUT2D eigenvalue weighted by Gasteiger charge is -2.20. The lowest BCUT2D eigenvalue weighted by molar-refractivity contribution is -0.112. The molecule has 2 aromatic rings. The Balaban J connectivity index is 1.70. The van der Waals surface area contributed by atoms with E-state index in [-0.39, 0.29) is 5.57 Å². The molecule has 2 N–H and O–H groups in total. The third-order valence-electron chi connectivity index (χ3n) is 3.98. The monoisotopic (exact) mass is 369 g/mol. The normalized spacial score (nSPS) is 14.3. The first-order valence-corrected chi connectivity index (χ1v) is 8.90. The minimum Gasteiger partial charge on any atom is -0.495 e. The Morgan fingerprint density at radius 1 is 1.46 bits per heavy atom. The molecule has 26 heavy (non-hydrogen) atoms. The predicted molar refractivity (Wildman–Crippen MR) is 101 cm³/mol. The number of ether oxygens (including phenoxy) is 1. The molecule has 0 fully saturated rings. The van der Waals surface area contributed by atoms with E-state index >= 15 is 0 Å². The van der Waals surface area contributed by atoms with E-state index in [9.17, 15) is 10.1 Å². The molecule has 0 radical (unpaired) electrons. The van der Waals surface area contributed by atoms with Gasteiger partial charge in [-0.2, -0.15) is 5.26 Å². The minimum absolute atomic E-state index is 0.0406. The third-order valence-corrected chi connectivity index (χ3v) is 5.00. The Morgan fingerprint density at radius 2 is 2.27 bits per heavy atom. The molecule has 0 saturated heterocycles. The summed E-state index contributed by atoms with van der Waals surface area (Å²) in [5.41, 5.74) is 1.55. The van der Waals surface area contributed by atoms with Gasteiger partial charge in [0.1, 0.15) is 17.4 Å². The number of para-hydroxylation sites is 2. The average Bonchev–Trinajstić information content (AvgIpc) is 3.04. The van der Waals surface area contributed by atoms with E-state index in [0.29, 0.717) is 16.6 Å². The highest BCUT2D eigenvalue weighted by Crippen LogP contribution is 2.28. The van der Waals surface area contributed by atoms with Crippen LogP contribution in [0.5, 0.6) is 5.75 Å². The topological polar surface area (TPSA) is 90.3 Å². The number of benzene rings is 1. The maximum atomic E-state index is 12.3. The van der Waals surface area contributed by atoms with Gasteiger partial charge in [-0.3, -0.25) is 4.79 Å². The molecule has 0 atom stereocenters. The second-order valence-corrected chi connectivity index (χ2v) is 6.93. The smallest absolute Gasteiger partial charge is 0.267 e. The van der Waals surface area contributed by atoms with Crippen molar-refractivity contribution in [3.05, 3.63) is 46.6 Å². The van der Waals surface area contributed by atoms with E-state index < -0.39 is 5.91 Å². The number of nitriles is 1. The molecule has 1 amide bonds. The van der Waals surface area contributed by atoms with Gasteiger partial charge in [-0.1, -0.05) is 12.1 Å². The summed E-state index contributed by atoms with van der Waals surface area (Å²) in [6, 6.07) is 8.95. The number of anilines is 2. The van der Waals surface area contributed by atoms with Crippen molar-refractivity contribution in [2.24, 2.45) is 0 Å². The van der Waals surface area contributed by atoms with E-state index in [2.05, 4.69) is 27.6 Å². The van der Waals surface area contributed by atoms with Crippen LogP contribution in [0.4, 0.5) is 10.8 Å². The summed E-state index contributed by atoms with van der Waals surface area (Å²) in [4.78, 5) is 20.3. The number of aromatic nitrogens is 1. The van der Waals surface area contributed by atoms with Crippen LogP contribution in [-0.4, -0.2) is 36.5 Å². The molecular formula is C18H19N5O2S. The van der Waals surface area contributed by atoms with Gasteiger partial charge in [0.25, 0.3) is 5.91 Å². The summed E-state index contributed by atoms with van der Waals surface area (Å²) < 4.78 is 5.20. The van der Waals surface area contributed by atoms with Crippen LogP contribution in [-0.2, 0) is 17.8 Å². The quantitative estimate of drug-likeness (QED) is 0.622. The number of carbonyl (C=O) groups excluding carboxylic acids is 1. The highest BCUT2D eigenvalue weighted by atomic mass is 32.1. The molecule has 1 aliphatic rings. The van der Waals surface area contributed by atoms with Crippen LogP contribution in [0.25, 0.3) is 0 Å². The zero-order chi connectivity index (χ0) is 18.5. The van der Waals surface area contributed by atoms with Crippen molar-refractivity contribution in [1.82, 2.24) is 9.88 Å². The number of fused-ring (bicyclic) bond motifs is 1. The van der Waals surface area contributed by atoms with Crippen molar-refractivity contribution in [2.45, 2.75) is 13.0 Å². The molecule has 2 heterocycles. The molecule has 0 unspecified atom stereocenters. The standard InChI is InChI=1S/C18H19N5O2S/c1-23-8-7-14-16(11-23)26-18(22-14)20-10-12(9-19)17(24)21-13-5-3-4-6-15(13)25-2/h3-6,10H,7-8,11H2,1-2H3,(H,20,22)(H,21,24)/b12-10-. The van der Waals surface area contributed by atoms with E-state index in [1.165, 1.54) is 18.2 Å². The minimum atomic E-state index is -0.509. The van der Waals surface area contributed by atoms with Gasteiger partial charge < -0.3 is 20.3 Å². The predicted octanol–water partition coefficient (Wildman–Crippen LogP) is 2.60. The second kappa shape index (κ2) is 7.99. The van der Waals surface area contributed by atoms with E-state index in [0.717, 1.165) is 25.2 Å². The summed E-state index contributed by atoms with van der Waals surface area (Å²) >= 11 is 1.54. The summed E-state index contributed by atoms with van der Waals surface area (Å²) in [5, 5.41) is 15.6. The number of carbonyl (C=O) groups is 1. The van der Waals surface area contributed by atoms with Crippen molar-refractivity contribution in [3.8, 4) is 11.8 Å². The Bertz CT molecular complexity index is 884. The first-order valence-electron chi connectivity index (χ1n) is 8.09. The zero-order valence-electron chi connectivity index (χ0n) is 14.6. The van der Waals surface area contributed by atoms with Gasteiger partial charge in [0.05, 0.1) is 18.5 Å². The van der Waals surface area contributed by atoms with Crippen molar-refractivity contribution in [1.29, 1.82) is 5.26 Å². The lowest BCUT2D eigenvalue weighted by Crippen LogP contribution is -2.25. The van der Waals surface area contributed by atoms with Crippen molar-refractivity contribution in [3.63, 3.8) is 0 Å². The number of likely N-dealkylation sites (N-methyl/N-ethyl adjacent to an activating group) is 1. The van der Waals surface area contributed by atoms with Crippen molar-refractivity contribution >= 4 is 28.1 Å². The number of nitrogens with zero attached hydrogens (tertiary/aromatic N) is 3. The largest absolute Gasteiger partial charge is 0.495 e. The number of thiazole rings is 1. The number of hydrogen-bond acceptors (Lipinski definition) is 7. The van der Waals surface area contributed by atoms with Gasteiger partial charge in [-0.15, -0.1) is 11.3 Å². The molecule has 1 aliphatic heterocycles. The second-order valence-electron chi connectivity index (χ2n) is 5.85. The average molecular weight is 369 g/mol. The Labute approximate surface area is 155 Å². The summed E-state index contributed by atoms with van der Waals surface area (Å²) in [5.74, 6) is 0.0216. The van der Waals surface area contributed by atoms with Gasteiger partial charge in [0.2, 0.25) is 0 Å². The van der Waals surface area contributed by atoms with Crippen LogP contribution in [0.1, 0.15) is 10.6 Å². The van der Waals surface area contributed by atoms with Crippen molar-refractivity contribution < 1.29 is 9.53 Å². The molecule has 1 aromatic heterocycles. The van der Waals surface area contributed by atoms with Crippen molar-refractivity contribution in [2.75, 3.05) is 31.3 Å². The summed E-state index contributed by atoms with van der Waals surface area (Å²) in [7, 11) is 3.60. The zero-order valence-corrected chi connectivity index (χ0v) is 15.4. The van der Waals surface area contributed by atoms with Crippen LogP contribution in [0.3, 0.4) is 0 Å². The number of rotatable bonds is 5. The number of methoxy groups -OCH3 is 1. The fourth-order valence-corrected chi connectivity index (χ4v) is 3.66. The molecule has 134 valence electrons. The SMILES string of the molecule is COc1ccccc1NC(=O)/C(C#N)=C\Nc1nc2c(s1)CN(C)CC2. The Morgan fingerprint density at radius 3 is 3.04 bits per heavy atom. The molecule has 3 rings (SSSR count). The van der Waals surface area contributed by atoms with Gasteiger partial charge in [0, 0.05) is 30.6 Å². The fourth-order valence-electron chi connectivity index (χ4n) is 2.60. The summed E-state index contributed by atoms with van der Waals surface area (Å²) in [6.07, 6.45) is 2.30. The van der Waals surface area contributed by atoms with Gasteiger partial charge in [0.15, 0.2) is 5.13 Å². The summed E-state index contributed by atoms with van der Waals surface area (Å²) in [6.45, 7) is 1.86. The first-order chi connectivity index (χ1) is 12.6. The van der Waals surface area contributed by atoms with E-state index in [1.807, 2.05) is 6.07 Å². The van der Waals surface area contributed by atoms with Gasteiger partial charge >= 0.3 is 0 Å². The highest BCUT2D eigenvalue weighted by molar-refractivity contribution is 7.15. The van der Waals surface area contributed by atoms with Crippen LogP contribution in [0, 0.1) is 11.3 Å². The molecule has 0 aliphatic carbocycles. The van der Waals surface area contributed by atoms with E-state index in [4.69, 9.17) is 4.74 Å².